The maximum atomic E-state index is 14.8. The first-order valence-corrected chi connectivity index (χ1v) is 16.5. The summed E-state index contributed by atoms with van der Waals surface area (Å²) in [6, 6.07) is 29.2. The number of anilines is 1. The van der Waals surface area contributed by atoms with Gasteiger partial charge in [0.15, 0.2) is 0 Å². The van der Waals surface area contributed by atoms with E-state index >= 15 is 0 Å². The lowest BCUT2D eigenvalue weighted by molar-refractivity contribution is -0.180. The number of hydrogen-bond donors (Lipinski definition) is 2. The van der Waals surface area contributed by atoms with E-state index < -0.39 is 53.4 Å². The smallest absolute Gasteiger partial charge is 0.325 e. The molecule has 244 valence electrons. The zero-order valence-corrected chi connectivity index (χ0v) is 27.4. The molecule has 0 aliphatic carbocycles. The van der Waals surface area contributed by atoms with Crippen molar-refractivity contribution in [2.24, 2.45) is 5.92 Å². The molecule has 3 aliphatic heterocycles. The highest BCUT2D eigenvalue weighted by molar-refractivity contribution is 9.10. The van der Waals surface area contributed by atoms with Crippen LogP contribution in [0.2, 0.25) is 0 Å². The second-order valence-electron chi connectivity index (χ2n) is 12.0. The molecule has 0 radical (unpaired) electrons. The van der Waals surface area contributed by atoms with E-state index in [1.165, 1.54) is 6.08 Å². The lowest BCUT2D eigenvalue weighted by Crippen LogP contribution is -2.52. The van der Waals surface area contributed by atoms with Gasteiger partial charge in [-0.3, -0.25) is 19.3 Å². The molecule has 6 atom stereocenters. The maximum Gasteiger partial charge on any atom is 0.325 e. The van der Waals surface area contributed by atoms with Crippen LogP contribution in [0.4, 0.5) is 5.69 Å². The van der Waals surface area contributed by atoms with Crippen molar-refractivity contribution in [1.82, 2.24) is 4.90 Å². The van der Waals surface area contributed by atoms with Crippen molar-refractivity contribution in [3.8, 4) is 5.75 Å². The third-order valence-corrected chi connectivity index (χ3v) is 9.92. The molecule has 10 heteroatoms. The fourth-order valence-corrected chi connectivity index (χ4v) is 8.03. The third kappa shape index (κ3) is 5.11. The fourth-order valence-electron chi connectivity index (χ4n) is 7.67. The minimum atomic E-state index is -1.62. The molecule has 1 amide bonds. The number of aliphatic hydroxyl groups excluding tert-OH is 1. The number of amides is 1. The van der Waals surface area contributed by atoms with Gasteiger partial charge < -0.3 is 24.6 Å². The van der Waals surface area contributed by atoms with Crippen LogP contribution in [-0.4, -0.2) is 53.7 Å². The van der Waals surface area contributed by atoms with Crippen molar-refractivity contribution in [2.45, 2.75) is 29.6 Å². The Morgan fingerprint density at radius 3 is 2.29 bits per heavy atom. The number of rotatable bonds is 9. The number of fused-ring (bicyclic) bond motifs is 3. The van der Waals surface area contributed by atoms with Gasteiger partial charge >= 0.3 is 11.9 Å². The van der Waals surface area contributed by atoms with Crippen LogP contribution in [0.15, 0.2) is 120 Å². The molecule has 4 aromatic rings. The molecule has 2 saturated heterocycles. The Balaban J connectivity index is 1.53. The number of ether oxygens (including phenoxy) is 3. The second kappa shape index (κ2) is 13.0. The van der Waals surface area contributed by atoms with Crippen LogP contribution in [0.5, 0.6) is 5.75 Å². The van der Waals surface area contributed by atoms with Crippen LogP contribution in [-0.2, 0) is 29.3 Å². The number of esters is 2. The number of nitrogens with zero attached hydrogens (tertiary/aromatic N) is 1. The first-order chi connectivity index (χ1) is 23.4. The molecule has 9 nitrogen and oxygen atoms in total. The minimum absolute atomic E-state index is 0.101. The second-order valence-corrected chi connectivity index (χ2v) is 12.9. The Labute approximate surface area is 286 Å². The van der Waals surface area contributed by atoms with Crippen LogP contribution in [0, 0.1) is 5.92 Å². The van der Waals surface area contributed by atoms with Crippen LogP contribution in [0.3, 0.4) is 0 Å². The molecule has 0 aromatic heterocycles. The summed E-state index contributed by atoms with van der Waals surface area (Å²) in [6.07, 6.45) is 0.690. The Morgan fingerprint density at radius 1 is 0.938 bits per heavy atom. The Kier molecular flexibility index (Phi) is 8.63. The highest BCUT2D eigenvalue weighted by Gasteiger charge is 2.74. The van der Waals surface area contributed by atoms with Gasteiger partial charge in [0, 0.05) is 10.2 Å². The first kappa shape index (κ1) is 31.8. The van der Waals surface area contributed by atoms with E-state index in [1.807, 2.05) is 89.8 Å². The predicted molar refractivity (Wildman–Crippen MR) is 181 cm³/mol. The highest BCUT2D eigenvalue weighted by atomic mass is 79.9. The molecule has 3 aliphatic rings. The van der Waals surface area contributed by atoms with Crippen molar-refractivity contribution in [3.05, 3.63) is 143 Å². The Morgan fingerprint density at radius 2 is 1.62 bits per heavy atom. The van der Waals surface area contributed by atoms with E-state index in [1.54, 1.807) is 18.2 Å². The van der Waals surface area contributed by atoms with E-state index in [0.717, 1.165) is 11.1 Å². The first-order valence-electron chi connectivity index (χ1n) is 15.7. The molecule has 0 bridgehead atoms. The zero-order valence-electron chi connectivity index (χ0n) is 25.8. The van der Waals surface area contributed by atoms with Crippen LogP contribution in [0.1, 0.15) is 40.4 Å². The number of hydrogen-bond acceptors (Lipinski definition) is 8. The van der Waals surface area contributed by atoms with Crippen molar-refractivity contribution in [2.75, 3.05) is 25.1 Å². The molecule has 48 heavy (non-hydrogen) atoms. The Bertz CT molecular complexity index is 1850. The van der Waals surface area contributed by atoms with E-state index in [-0.39, 0.29) is 19.8 Å². The van der Waals surface area contributed by atoms with Gasteiger partial charge in [0.25, 0.3) is 0 Å². The van der Waals surface area contributed by atoms with Gasteiger partial charge in [0.2, 0.25) is 5.91 Å². The molecule has 2 N–H and O–H groups in total. The average molecular weight is 710 g/mol. The summed E-state index contributed by atoms with van der Waals surface area (Å²) >= 11 is 3.59. The standard InChI is InChI=1S/C38H33BrN2O7/c1-2-20-47-35(43)30-32-36(44)48-33(24-11-7-4-8-12-24)31(23-9-5-3-6-10-23)41(32)34(25-13-16-27(17-14-25)46-21-19-42)38(30)28-22-26(39)15-18-29(28)40-37(38)45/h2-18,22,30-34,42H,1,19-21H2,(H,40,45)/t30-,31-,32-,33+,34?,38-/m0/s1. The van der Waals surface area contributed by atoms with E-state index in [2.05, 4.69) is 27.8 Å². The molecule has 7 rings (SSSR count). The quantitative estimate of drug-likeness (QED) is 0.165. The number of cyclic esters (lactones) is 1. The molecule has 2 fully saturated rings. The molecular weight excluding hydrogens is 676 g/mol. The SMILES string of the molecule is C=CCOC(=O)[C@@H]1[C@H]2C(=O)O[C@H](c3ccccc3)[C@H](c3ccccc3)N2C(c2ccc(OCCO)cc2)[C@@]12C(=O)Nc1ccc(Br)cc12. The van der Waals surface area contributed by atoms with Gasteiger partial charge in [-0.1, -0.05) is 101 Å². The van der Waals surface area contributed by atoms with Crippen LogP contribution in [0.25, 0.3) is 0 Å². The molecule has 1 spiro atoms. The highest BCUT2D eigenvalue weighted by Crippen LogP contribution is 2.65. The number of benzene rings is 4. The maximum absolute atomic E-state index is 14.8. The molecule has 3 heterocycles. The van der Waals surface area contributed by atoms with E-state index in [4.69, 9.17) is 14.2 Å². The zero-order chi connectivity index (χ0) is 33.4. The summed E-state index contributed by atoms with van der Waals surface area (Å²) in [6.45, 7) is 3.57. The number of aliphatic hydroxyl groups is 1. The molecule has 0 saturated carbocycles. The Hall–Kier alpha value is -4.77. The average Bonchev–Trinajstić information content (AvgIpc) is 3.59. The lowest BCUT2D eigenvalue weighted by atomic mass is 9.65. The molecule has 1 unspecified atom stereocenters. The van der Waals surface area contributed by atoms with Gasteiger partial charge in [0.1, 0.15) is 42.4 Å². The van der Waals surface area contributed by atoms with Gasteiger partial charge in [-0.15, -0.1) is 0 Å². The summed E-state index contributed by atoms with van der Waals surface area (Å²) in [5.41, 5.74) is 1.80. The van der Waals surface area contributed by atoms with Gasteiger partial charge in [-0.05, 0) is 52.6 Å². The minimum Gasteiger partial charge on any atom is -0.491 e. The van der Waals surface area contributed by atoms with Crippen molar-refractivity contribution in [1.29, 1.82) is 0 Å². The van der Waals surface area contributed by atoms with Crippen molar-refractivity contribution < 1.29 is 33.7 Å². The normalized spacial score (nSPS) is 25.9. The summed E-state index contributed by atoms with van der Waals surface area (Å²) in [5, 5.41) is 12.4. The van der Waals surface area contributed by atoms with Gasteiger partial charge in [0.05, 0.1) is 18.7 Å². The number of morpholine rings is 1. The summed E-state index contributed by atoms with van der Waals surface area (Å²) in [4.78, 5) is 45.7. The number of nitrogens with one attached hydrogen (secondary N) is 1. The molecule has 4 aromatic carbocycles. The lowest BCUT2D eigenvalue weighted by Gasteiger charge is -2.46. The van der Waals surface area contributed by atoms with Crippen molar-refractivity contribution >= 4 is 39.5 Å². The van der Waals surface area contributed by atoms with E-state index in [0.29, 0.717) is 27.0 Å². The van der Waals surface area contributed by atoms with Crippen LogP contribution >= 0.6 is 15.9 Å². The third-order valence-electron chi connectivity index (χ3n) is 9.42. The summed E-state index contributed by atoms with van der Waals surface area (Å²) in [5.74, 6) is -2.53. The van der Waals surface area contributed by atoms with Crippen LogP contribution < -0.4 is 10.1 Å². The summed E-state index contributed by atoms with van der Waals surface area (Å²) < 4.78 is 18.4. The largest absolute Gasteiger partial charge is 0.491 e. The van der Waals surface area contributed by atoms with Gasteiger partial charge in [-0.25, -0.2) is 0 Å². The fraction of sp³-hybridized carbons (Fsp3) is 0.237. The topological polar surface area (TPSA) is 114 Å². The number of carbonyl (C=O) groups is 3. The summed E-state index contributed by atoms with van der Waals surface area (Å²) in [7, 11) is 0. The number of carbonyl (C=O) groups excluding carboxylic acids is 3. The number of halogens is 1. The monoisotopic (exact) mass is 708 g/mol. The molecular formula is C38H33BrN2O7. The van der Waals surface area contributed by atoms with E-state index in [9.17, 15) is 19.5 Å². The predicted octanol–water partition coefficient (Wildman–Crippen LogP) is 5.82. The van der Waals surface area contributed by atoms with Crippen molar-refractivity contribution in [3.63, 3.8) is 0 Å². The van der Waals surface area contributed by atoms with Gasteiger partial charge in [-0.2, -0.15) is 0 Å².